The van der Waals surface area contributed by atoms with E-state index in [9.17, 15) is 32.3 Å². The second-order valence-electron chi connectivity index (χ2n) is 6.82. The zero-order valence-corrected chi connectivity index (χ0v) is 17.8. The summed E-state index contributed by atoms with van der Waals surface area (Å²) in [5.41, 5.74) is 0.679. The number of hydrogen-bond donors (Lipinski definition) is 1. The first-order chi connectivity index (χ1) is 15.5. The molecule has 8 nitrogen and oxygen atoms in total. The number of ether oxygens (including phenoxy) is 1. The van der Waals surface area contributed by atoms with E-state index in [1.807, 2.05) is 0 Å². The Bertz CT molecular complexity index is 1110. The Morgan fingerprint density at radius 1 is 1.18 bits per heavy atom. The van der Waals surface area contributed by atoms with Crippen LogP contribution in [0.2, 0.25) is 5.02 Å². The van der Waals surface area contributed by atoms with Gasteiger partial charge in [0.1, 0.15) is 6.04 Å². The summed E-state index contributed by atoms with van der Waals surface area (Å²) in [5, 5.41) is 0.622. The van der Waals surface area contributed by atoms with Crippen molar-refractivity contribution in [2.75, 3.05) is 11.5 Å². The van der Waals surface area contributed by atoms with Crippen LogP contribution in [-0.2, 0) is 20.5 Å². The van der Waals surface area contributed by atoms with Crippen molar-refractivity contribution in [1.29, 1.82) is 0 Å². The molecular weight excluding hydrogens is 467 g/mol. The molecule has 1 fully saturated rings. The van der Waals surface area contributed by atoms with Crippen molar-refractivity contribution in [3.8, 4) is 0 Å². The van der Waals surface area contributed by atoms with Crippen LogP contribution < -0.4 is 10.3 Å². The minimum atomic E-state index is -4.70. The molecule has 0 spiro atoms. The first-order valence-corrected chi connectivity index (χ1v) is 9.98. The number of alkyl halides is 3. The van der Waals surface area contributed by atoms with E-state index in [2.05, 4.69) is 5.43 Å². The lowest BCUT2D eigenvalue weighted by molar-refractivity contribution is -0.137. The smallest absolute Gasteiger partial charge is 0.426 e. The molecule has 0 radical (unpaired) electrons. The maximum atomic E-state index is 13.1. The summed E-state index contributed by atoms with van der Waals surface area (Å²) >= 11 is 6.06. The van der Waals surface area contributed by atoms with Crippen molar-refractivity contribution in [2.24, 2.45) is 0 Å². The fraction of sp³-hybridized carbons (Fsp3) is 0.238. The predicted octanol–water partition coefficient (Wildman–Crippen LogP) is 3.79. The van der Waals surface area contributed by atoms with Gasteiger partial charge in [0, 0.05) is 0 Å². The molecule has 1 N–H and O–H groups in total. The normalized spacial score (nSPS) is 16.0. The molecule has 1 heterocycles. The molecule has 1 aliphatic heterocycles. The number of carbonyl (C=O) groups is 4. The van der Waals surface area contributed by atoms with E-state index in [0.29, 0.717) is 16.0 Å². The van der Waals surface area contributed by atoms with Crippen molar-refractivity contribution >= 4 is 41.1 Å². The number of rotatable bonds is 4. The van der Waals surface area contributed by atoms with E-state index in [4.69, 9.17) is 16.3 Å². The van der Waals surface area contributed by atoms with E-state index < -0.39 is 48.0 Å². The predicted molar refractivity (Wildman–Crippen MR) is 110 cm³/mol. The molecule has 0 aromatic heterocycles. The number of imide groups is 1. The lowest BCUT2D eigenvalue weighted by Gasteiger charge is -2.27. The Balaban J connectivity index is 1.97. The van der Waals surface area contributed by atoms with Crippen LogP contribution in [0.25, 0.3) is 0 Å². The Morgan fingerprint density at radius 3 is 2.52 bits per heavy atom. The van der Waals surface area contributed by atoms with E-state index in [1.54, 1.807) is 6.07 Å². The minimum Gasteiger partial charge on any atom is -0.449 e. The zero-order chi connectivity index (χ0) is 24.3. The third-order valence-electron chi connectivity index (χ3n) is 4.68. The second-order valence-corrected chi connectivity index (χ2v) is 7.23. The third-order valence-corrected chi connectivity index (χ3v) is 5.01. The summed E-state index contributed by atoms with van der Waals surface area (Å²) < 4.78 is 44.0. The minimum absolute atomic E-state index is 0.0182. The highest BCUT2D eigenvalue weighted by atomic mass is 35.5. The van der Waals surface area contributed by atoms with Crippen LogP contribution in [0, 0.1) is 0 Å². The maximum Gasteiger partial charge on any atom is 0.426 e. The van der Waals surface area contributed by atoms with Crippen LogP contribution in [-0.4, -0.2) is 41.5 Å². The quantitative estimate of drug-likeness (QED) is 0.527. The molecule has 1 unspecified atom stereocenters. The van der Waals surface area contributed by atoms with Crippen molar-refractivity contribution in [2.45, 2.75) is 25.6 Å². The number of halogens is 4. The second kappa shape index (κ2) is 9.49. The molecule has 3 rings (SSSR count). The highest BCUT2D eigenvalue weighted by Crippen LogP contribution is 2.34. The molecule has 1 aliphatic rings. The topological polar surface area (TPSA) is 96.0 Å². The van der Waals surface area contributed by atoms with Gasteiger partial charge in [0.2, 0.25) is 5.91 Å². The molecule has 33 heavy (non-hydrogen) atoms. The Hall–Kier alpha value is -3.60. The lowest BCUT2D eigenvalue weighted by atomic mass is 10.1. The van der Waals surface area contributed by atoms with E-state index >= 15 is 0 Å². The summed E-state index contributed by atoms with van der Waals surface area (Å²) in [6.45, 7) is 1.47. The number of nitrogens with zero attached hydrogens (tertiary/aromatic N) is 2. The van der Waals surface area contributed by atoms with E-state index in [0.717, 1.165) is 18.2 Å². The van der Waals surface area contributed by atoms with Gasteiger partial charge in [-0.3, -0.25) is 14.4 Å². The van der Waals surface area contributed by atoms with Gasteiger partial charge in [-0.1, -0.05) is 29.8 Å². The standard InChI is InChI=1S/C21H17ClF3N3O5/c1-2-33-20(32)26-28(18(30)14-8-3-4-9-15(14)22)16-11-17(29)27(19(16)31)13-7-5-6-12(10-13)21(23,24)25/h3-10,16H,2,11H2,1H3,(H,26,32). The number of anilines is 1. The molecule has 4 amide bonds. The number of hydrogen-bond acceptors (Lipinski definition) is 5. The molecule has 174 valence electrons. The van der Waals surface area contributed by atoms with Crippen LogP contribution in [0.1, 0.15) is 29.3 Å². The highest BCUT2D eigenvalue weighted by Gasteiger charge is 2.46. The first kappa shape index (κ1) is 24.1. The van der Waals surface area contributed by atoms with Crippen molar-refractivity contribution in [1.82, 2.24) is 10.4 Å². The number of hydrazine groups is 1. The Kier molecular flexibility index (Phi) is 6.92. The summed E-state index contributed by atoms with van der Waals surface area (Å²) in [5.74, 6) is -2.77. The molecule has 0 aliphatic carbocycles. The van der Waals surface area contributed by atoms with Gasteiger partial charge in [0.15, 0.2) is 0 Å². The maximum absolute atomic E-state index is 13.1. The van der Waals surface area contributed by atoms with Crippen LogP contribution >= 0.6 is 11.6 Å². The highest BCUT2D eigenvalue weighted by molar-refractivity contribution is 6.34. The van der Waals surface area contributed by atoms with Gasteiger partial charge in [-0.15, -0.1) is 0 Å². The number of carbonyl (C=O) groups excluding carboxylic acids is 4. The largest absolute Gasteiger partial charge is 0.449 e. The number of benzene rings is 2. The van der Waals surface area contributed by atoms with Gasteiger partial charge < -0.3 is 4.74 Å². The van der Waals surface area contributed by atoms with Crippen LogP contribution in [0.3, 0.4) is 0 Å². The summed E-state index contributed by atoms with van der Waals surface area (Å²) in [6, 6.07) is 7.92. The van der Waals surface area contributed by atoms with Crippen LogP contribution in [0.15, 0.2) is 48.5 Å². The van der Waals surface area contributed by atoms with Crippen LogP contribution in [0.4, 0.5) is 23.7 Å². The fourth-order valence-corrected chi connectivity index (χ4v) is 3.42. The van der Waals surface area contributed by atoms with Gasteiger partial charge in [-0.05, 0) is 37.3 Å². The molecule has 2 aromatic rings. The Morgan fingerprint density at radius 2 is 1.88 bits per heavy atom. The van der Waals surface area contributed by atoms with E-state index in [-0.39, 0.29) is 22.9 Å². The number of nitrogens with one attached hydrogen (secondary N) is 1. The molecular formula is C21H17ClF3N3O5. The molecule has 12 heteroatoms. The SMILES string of the molecule is CCOC(=O)NN(C(=O)c1ccccc1Cl)C1CC(=O)N(c2cccc(C(F)(F)F)c2)C1=O. The lowest BCUT2D eigenvalue weighted by Crippen LogP contribution is -2.54. The van der Waals surface area contributed by atoms with Gasteiger partial charge in [-0.2, -0.15) is 13.2 Å². The fourth-order valence-electron chi connectivity index (χ4n) is 3.21. The van der Waals surface area contributed by atoms with Crippen molar-refractivity contribution in [3.05, 3.63) is 64.7 Å². The van der Waals surface area contributed by atoms with Crippen molar-refractivity contribution < 1.29 is 37.1 Å². The summed E-state index contributed by atoms with van der Waals surface area (Å²) in [7, 11) is 0. The summed E-state index contributed by atoms with van der Waals surface area (Å²) in [6.07, 6.45) is -6.35. The molecule has 1 atom stereocenters. The van der Waals surface area contributed by atoms with Crippen molar-refractivity contribution in [3.63, 3.8) is 0 Å². The zero-order valence-electron chi connectivity index (χ0n) is 17.1. The van der Waals surface area contributed by atoms with Crippen LogP contribution in [0.5, 0.6) is 0 Å². The molecule has 0 saturated carbocycles. The molecule has 2 aromatic carbocycles. The number of amides is 4. The van der Waals surface area contributed by atoms with E-state index in [1.165, 1.54) is 25.1 Å². The summed E-state index contributed by atoms with van der Waals surface area (Å²) in [4.78, 5) is 51.4. The first-order valence-electron chi connectivity index (χ1n) is 9.60. The monoisotopic (exact) mass is 483 g/mol. The molecule has 1 saturated heterocycles. The third kappa shape index (κ3) is 5.08. The molecule has 0 bridgehead atoms. The average Bonchev–Trinajstić information content (AvgIpc) is 3.05. The van der Waals surface area contributed by atoms with Gasteiger partial charge >= 0.3 is 12.3 Å². The van der Waals surface area contributed by atoms with Gasteiger partial charge in [-0.25, -0.2) is 20.1 Å². The average molecular weight is 484 g/mol. The van der Waals surface area contributed by atoms with Gasteiger partial charge in [0.05, 0.1) is 34.9 Å². The Labute approximate surface area is 190 Å². The van der Waals surface area contributed by atoms with Gasteiger partial charge in [0.25, 0.3) is 11.8 Å².